The highest BCUT2D eigenvalue weighted by molar-refractivity contribution is 5.77. The molecule has 2 rings (SSSR count). The summed E-state index contributed by atoms with van der Waals surface area (Å²) in [6.07, 6.45) is 2.49. The summed E-state index contributed by atoms with van der Waals surface area (Å²) in [6.45, 7) is 3.48. The fourth-order valence-corrected chi connectivity index (χ4v) is 2.35. The van der Waals surface area contributed by atoms with Crippen LogP contribution >= 0.6 is 0 Å². The lowest BCUT2D eigenvalue weighted by Gasteiger charge is -2.29. The Morgan fingerprint density at radius 3 is 2.85 bits per heavy atom. The normalized spacial score (nSPS) is 15.7. The number of aryl methyl sites for hydroxylation is 1. The third-order valence-corrected chi connectivity index (χ3v) is 3.70. The molecule has 0 N–H and O–H groups in total. The quantitative estimate of drug-likeness (QED) is 0.845. The van der Waals surface area contributed by atoms with Gasteiger partial charge in [-0.05, 0) is 37.0 Å². The molecule has 1 fully saturated rings. The van der Waals surface area contributed by atoms with Crippen molar-refractivity contribution < 1.29 is 9.53 Å². The first kappa shape index (κ1) is 14.4. The second-order valence-corrected chi connectivity index (χ2v) is 5.07. The maximum atomic E-state index is 12.0. The first-order valence-electron chi connectivity index (χ1n) is 7.12. The lowest BCUT2D eigenvalue weighted by Crippen LogP contribution is -2.40. The van der Waals surface area contributed by atoms with E-state index < -0.39 is 0 Å². The summed E-state index contributed by atoms with van der Waals surface area (Å²) in [5, 5.41) is 8.84. The molecule has 1 heterocycles. The second kappa shape index (κ2) is 6.95. The van der Waals surface area contributed by atoms with E-state index in [0.717, 1.165) is 25.0 Å². The molecule has 106 valence electrons. The van der Waals surface area contributed by atoms with Crippen molar-refractivity contribution in [3.05, 3.63) is 29.8 Å². The van der Waals surface area contributed by atoms with Crippen molar-refractivity contribution in [3.63, 3.8) is 0 Å². The van der Waals surface area contributed by atoms with Crippen LogP contribution in [0.1, 0.15) is 25.3 Å². The van der Waals surface area contributed by atoms with Crippen LogP contribution in [0.15, 0.2) is 24.3 Å². The molecule has 1 aromatic rings. The number of hydrogen-bond donors (Lipinski definition) is 0. The fourth-order valence-electron chi connectivity index (χ4n) is 2.35. The number of carbonyl (C=O) groups is 1. The molecule has 0 spiro atoms. The van der Waals surface area contributed by atoms with Gasteiger partial charge in [0.05, 0.1) is 6.07 Å². The predicted octanol–water partition coefficient (Wildman–Crippen LogP) is 2.39. The van der Waals surface area contributed by atoms with Gasteiger partial charge in [-0.15, -0.1) is 0 Å². The molecular weight excluding hydrogens is 252 g/mol. The minimum Gasteiger partial charge on any atom is -0.484 e. The molecule has 1 saturated heterocycles. The first-order valence-corrected chi connectivity index (χ1v) is 7.12. The number of carbonyl (C=O) groups excluding carboxylic acids is 1. The van der Waals surface area contributed by atoms with Crippen LogP contribution in [0.2, 0.25) is 0 Å². The van der Waals surface area contributed by atoms with Gasteiger partial charge in [0.15, 0.2) is 6.61 Å². The molecule has 0 bridgehead atoms. The number of nitriles is 1. The lowest BCUT2D eigenvalue weighted by molar-refractivity contribution is -0.134. The van der Waals surface area contributed by atoms with E-state index >= 15 is 0 Å². The zero-order valence-corrected chi connectivity index (χ0v) is 11.8. The Morgan fingerprint density at radius 2 is 2.20 bits per heavy atom. The summed E-state index contributed by atoms with van der Waals surface area (Å²) < 4.78 is 5.56. The van der Waals surface area contributed by atoms with Crippen molar-refractivity contribution in [1.82, 2.24) is 4.90 Å². The Morgan fingerprint density at radius 1 is 1.45 bits per heavy atom. The molecule has 4 nitrogen and oxygen atoms in total. The number of piperidine rings is 1. The third-order valence-electron chi connectivity index (χ3n) is 3.70. The topological polar surface area (TPSA) is 53.3 Å². The Labute approximate surface area is 120 Å². The summed E-state index contributed by atoms with van der Waals surface area (Å²) >= 11 is 0. The monoisotopic (exact) mass is 272 g/mol. The number of amides is 1. The van der Waals surface area contributed by atoms with Gasteiger partial charge in [0.2, 0.25) is 0 Å². The average Bonchev–Trinajstić information content (AvgIpc) is 2.53. The molecule has 4 heteroatoms. The largest absolute Gasteiger partial charge is 0.484 e. The van der Waals surface area contributed by atoms with Crippen molar-refractivity contribution in [2.45, 2.75) is 26.2 Å². The maximum absolute atomic E-state index is 12.0. The van der Waals surface area contributed by atoms with Gasteiger partial charge in [0.1, 0.15) is 5.75 Å². The van der Waals surface area contributed by atoms with Crippen LogP contribution in [0, 0.1) is 17.2 Å². The van der Waals surface area contributed by atoms with Crippen LogP contribution in [-0.2, 0) is 11.2 Å². The van der Waals surface area contributed by atoms with E-state index in [1.165, 1.54) is 5.56 Å². The summed E-state index contributed by atoms with van der Waals surface area (Å²) in [5.74, 6) is 0.842. The molecule has 0 atom stereocenters. The summed E-state index contributed by atoms with van der Waals surface area (Å²) in [7, 11) is 0. The van der Waals surface area contributed by atoms with Gasteiger partial charge < -0.3 is 9.64 Å². The molecule has 0 saturated carbocycles. The second-order valence-electron chi connectivity index (χ2n) is 5.07. The van der Waals surface area contributed by atoms with Crippen molar-refractivity contribution >= 4 is 5.91 Å². The molecule has 1 aliphatic rings. The van der Waals surface area contributed by atoms with Crippen molar-refractivity contribution in [2.75, 3.05) is 19.7 Å². The van der Waals surface area contributed by atoms with Gasteiger partial charge in [-0.2, -0.15) is 5.26 Å². The Hall–Kier alpha value is -2.02. The highest BCUT2D eigenvalue weighted by Crippen LogP contribution is 2.17. The Kier molecular flexibility index (Phi) is 5.00. The lowest BCUT2D eigenvalue weighted by atomic mass is 9.99. The summed E-state index contributed by atoms with van der Waals surface area (Å²) in [6, 6.07) is 10.1. The van der Waals surface area contributed by atoms with E-state index in [-0.39, 0.29) is 18.4 Å². The SMILES string of the molecule is CCc1cccc(OCC(=O)N2CCC(C#N)CC2)c1. The minimum atomic E-state index is 0.00305. The fraction of sp³-hybridized carbons (Fsp3) is 0.500. The van der Waals surface area contributed by atoms with E-state index in [0.29, 0.717) is 13.1 Å². The van der Waals surface area contributed by atoms with Gasteiger partial charge in [0, 0.05) is 19.0 Å². The summed E-state index contributed by atoms with van der Waals surface area (Å²) in [5.41, 5.74) is 1.20. The summed E-state index contributed by atoms with van der Waals surface area (Å²) in [4.78, 5) is 13.8. The smallest absolute Gasteiger partial charge is 0.260 e. The van der Waals surface area contributed by atoms with Gasteiger partial charge in [-0.25, -0.2) is 0 Å². The van der Waals surface area contributed by atoms with Gasteiger partial charge in [-0.3, -0.25) is 4.79 Å². The molecule has 0 unspecified atom stereocenters. The zero-order chi connectivity index (χ0) is 14.4. The van der Waals surface area contributed by atoms with Crippen LogP contribution in [0.5, 0.6) is 5.75 Å². The van der Waals surface area contributed by atoms with Gasteiger partial charge in [0.25, 0.3) is 5.91 Å². The highest BCUT2D eigenvalue weighted by Gasteiger charge is 2.22. The standard InChI is InChI=1S/C16H20N2O2/c1-2-13-4-3-5-15(10-13)20-12-16(19)18-8-6-14(11-17)7-9-18/h3-5,10,14H,2,6-9,12H2,1H3. The van der Waals surface area contributed by atoms with Crippen LogP contribution in [0.3, 0.4) is 0 Å². The van der Waals surface area contributed by atoms with E-state index in [9.17, 15) is 4.79 Å². The number of benzene rings is 1. The van der Waals surface area contributed by atoms with E-state index in [2.05, 4.69) is 13.0 Å². The Balaban J connectivity index is 1.82. The molecule has 1 aliphatic heterocycles. The molecule has 0 radical (unpaired) electrons. The predicted molar refractivity (Wildman–Crippen MR) is 76.2 cm³/mol. The van der Waals surface area contributed by atoms with E-state index in [1.54, 1.807) is 4.90 Å². The number of hydrogen-bond acceptors (Lipinski definition) is 3. The van der Waals surface area contributed by atoms with Crippen molar-refractivity contribution in [3.8, 4) is 11.8 Å². The Bertz CT molecular complexity index is 499. The van der Waals surface area contributed by atoms with Gasteiger partial charge >= 0.3 is 0 Å². The third kappa shape index (κ3) is 3.74. The number of ether oxygens (including phenoxy) is 1. The zero-order valence-electron chi connectivity index (χ0n) is 11.8. The molecule has 1 amide bonds. The molecule has 0 aliphatic carbocycles. The number of nitrogens with zero attached hydrogens (tertiary/aromatic N) is 2. The van der Waals surface area contributed by atoms with Crippen molar-refractivity contribution in [2.24, 2.45) is 5.92 Å². The number of likely N-dealkylation sites (tertiary alicyclic amines) is 1. The van der Waals surface area contributed by atoms with E-state index in [4.69, 9.17) is 10.00 Å². The maximum Gasteiger partial charge on any atom is 0.260 e. The van der Waals surface area contributed by atoms with Crippen LogP contribution in [-0.4, -0.2) is 30.5 Å². The average molecular weight is 272 g/mol. The first-order chi connectivity index (χ1) is 9.72. The van der Waals surface area contributed by atoms with Crippen LogP contribution < -0.4 is 4.74 Å². The highest BCUT2D eigenvalue weighted by atomic mass is 16.5. The van der Waals surface area contributed by atoms with E-state index in [1.807, 2.05) is 24.3 Å². The molecular formula is C16H20N2O2. The number of rotatable bonds is 4. The molecule has 1 aromatic carbocycles. The molecule has 0 aromatic heterocycles. The van der Waals surface area contributed by atoms with Gasteiger partial charge in [-0.1, -0.05) is 19.1 Å². The van der Waals surface area contributed by atoms with Crippen LogP contribution in [0.4, 0.5) is 0 Å². The van der Waals surface area contributed by atoms with Crippen LogP contribution in [0.25, 0.3) is 0 Å². The molecule has 20 heavy (non-hydrogen) atoms. The minimum absolute atomic E-state index is 0.00305. The van der Waals surface area contributed by atoms with Crippen molar-refractivity contribution in [1.29, 1.82) is 5.26 Å².